The summed E-state index contributed by atoms with van der Waals surface area (Å²) in [4.78, 5) is 32.1. The lowest BCUT2D eigenvalue weighted by molar-refractivity contribution is 0.0936. The van der Waals surface area contributed by atoms with Crippen LogP contribution in [0.5, 0.6) is 0 Å². The summed E-state index contributed by atoms with van der Waals surface area (Å²) in [6.45, 7) is 4.85. The second kappa shape index (κ2) is 9.76. The number of thiazole rings is 1. The average Bonchev–Trinajstić information content (AvgIpc) is 3.56. The third-order valence-electron chi connectivity index (χ3n) is 5.09. The lowest BCUT2D eigenvalue weighted by atomic mass is 10.0. The van der Waals surface area contributed by atoms with Crippen LogP contribution in [0.25, 0.3) is 0 Å². The predicted octanol–water partition coefficient (Wildman–Crippen LogP) is 4.64. The van der Waals surface area contributed by atoms with Gasteiger partial charge in [-0.3, -0.25) is 4.79 Å². The first kappa shape index (κ1) is 21.7. The zero-order valence-corrected chi connectivity index (χ0v) is 19.1. The lowest BCUT2D eigenvalue weighted by Crippen LogP contribution is -2.29. The average molecular weight is 477 g/mol. The number of ether oxygens (including phenoxy) is 1. The maximum Gasteiger partial charge on any atom is 0.410 e. The number of hydrogen-bond donors (Lipinski definition) is 0. The molecule has 4 rings (SSSR count). The molecule has 1 aliphatic heterocycles. The van der Waals surface area contributed by atoms with Gasteiger partial charge in [0.25, 0.3) is 5.91 Å². The van der Waals surface area contributed by atoms with Crippen LogP contribution in [0.3, 0.4) is 0 Å². The summed E-state index contributed by atoms with van der Waals surface area (Å²) in [5.41, 5.74) is 3.64. The molecule has 3 aromatic heterocycles. The zero-order chi connectivity index (χ0) is 21.8. The number of carbonyl (C=O) groups excluding carboxylic acids is 2. The van der Waals surface area contributed by atoms with Crippen molar-refractivity contribution in [1.82, 2.24) is 19.7 Å². The van der Waals surface area contributed by atoms with E-state index in [1.165, 1.54) is 27.4 Å². The van der Waals surface area contributed by atoms with E-state index in [0.717, 1.165) is 33.4 Å². The first-order valence-corrected chi connectivity index (χ1v) is 12.0. The van der Waals surface area contributed by atoms with Gasteiger partial charge in [0.2, 0.25) is 0 Å². The highest BCUT2D eigenvalue weighted by atomic mass is 35.5. The molecule has 3 aromatic rings. The van der Waals surface area contributed by atoms with Crippen molar-refractivity contribution < 1.29 is 14.3 Å². The number of aromatic nitrogens is 3. The summed E-state index contributed by atoms with van der Waals surface area (Å²) in [6.07, 6.45) is 3.37. The highest BCUT2D eigenvalue weighted by Crippen LogP contribution is 2.29. The fraction of sp³-hybridized carbons (Fsp3) is 0.333. The number of hydrogen-bond acceptors (Lipinski definition) is 7. The lowest BCUT2D eigenvalue weighted by Gasteiger charge is -2.15. The Kier molecular flexibility index (Phi) is 6.84. The predicted molar refractivity (Wildman–Crippen MR) is 121 cm³/mol. The minimum absolute atomic E-state index is 0.0516. The van der Waals surface area contributed by atoms with Gasteiger partial charge in [-0.15, -0.1) is 22.7 Å². The number of rotatable bonds is 7. The van der Waals surface area contributed by atoms with Crippen molar-refractivity contribution >= 4 is 46.3 Å². The minimum atomic E-state index is -0.352. The number of halogens is 1. The SMILES string of the molecule is C=CCOC(=O)N1CCC(c2cc(CCc3ccc(Cl)s3)n(C(=O)c3cscn3)n2)C1. The molecular formula is C21H21ClN4O3S2. The van der Waals surface area contributed by atoms with Gasteiger partial charge in [0, 0.05) is 35.0 Å². The van der Waals surface area contributed by atoms with Crippen molar-refractivity contribution in [3.63, 3.8) is 0 Å². The van der Waals surface area contributed by atoms with Crippen LogP contribution in [0.1, 0.15) is 39.1 Å². The quantitative estimate of drug-likeness (QED) is 0.464. The van der Waals surface area contributed by atoms with E-state index in [2.05, 4.69) is 16.7 Å². The number of likely N-dealkylation sites (tertiary alicyclic amines) is 1. The van der Waals surface area contributed by atoms with Gasteiger partial charge < -0.3 is 9.64 Å². The van der Waals surface area contributed by atoms with Gasteiger partial charge >= 0.3 is 6.09 Å². The molecule has 0 saturated carbocycles. The Morgan fingerprint density at radius 2 is 2.23 bits per heavy atom. The third kappa shape index (κ3) is 5.06. The van der Waals surface area contributed by atoms with Gasteiger partial charge in [0.15, 0.2) is 0 Å². The molecule has 0 radical (unpaired) electrons. The molecule has 31 heavy (non-hydrogen) atoms. The van der Waals surface area contributed by atoms with E-state index in [1.54, 1.807) is 21.9 Å². The molecule has 1 fully saturated rings. The van der Waals surface area contributed by atoms with Crippen LogP contribution >= 0.6 is 34.3 Å². The maximum atomic E-state index is 13.0. The third-order valence-corrected chi connectivity index (χ3v) is 6.97. The van der Waals surface area contributed by atoms with Crippen LogP contribution < -0.4 is 0 Å². The number of thiophene rings is 1. The molecule has 162 valence electrons. The molecule has 0 N–H and O–H groups in total. The Morgan fingerprint density at radius 1 is 1.35 bits per heavy atom. The van der Waals surface area contributed by atoms with Gasteiger partial charge in [-0.1, -0.05) is 24.3 Å². The summed E-state index contributed by atoms with van der Waals surface area (Å²) < 4.78 is 7.34. The van der Waals surface area contributed by atoms with E-state index < -0.39 is 0 Å². The Balaban J connectivity index is 1.53. The smallest absolute Gasteiger partial charge is 0.410 e. The summed E-state index contributed by atoms with van der Waals surface area (Å²) in [6, 6.07) is 5.85. The Hall–Kier alpha value is -2.49. The highest BCUT2D eigenvalue weighted by molar-refractivity contribution is 7.16. The van der Waals surface area contributed by atoms with Gasteiger partial charge in [0.1, 0.15) is 12.3 Å². The molecule has 0 aliphatic carbocycles. The number of nitrogens with zero attached hydrogens (tertiary/aromatic N) is 4. The fourth-order valence-electron chi connectivity index (χ4n) is 3.55. The second-order valence-corrected chi connectivity index (χ2v) is 9.67. The standard InChI is InChI=1S/C21H21ClN4O3S2/c1-2-9-29-21(28)25-8-7-14(11-25)17-10-15(3-4-16-5-6-19(22)31-16)26(24-17)20(27)18-12-30-13-23-18/h2,5-6,10,12-14H,1,3-4,7-9,11H2. The summed E-state index contributed by atoms with van der Waals surface area (Å²) in [5, 5.41) is 6.36. The first-order valence-electron chi connectivity index (χ1n) is 9.83. The van der Waals surface area contributed by atoms with E-state index in [9.17, 15) is 9.59 Å². The Morgan fingerprint density at radius 3 is 2.94 bits per heavy atom. The molecule has 0 bridgehead atoms. The van der Waals surface area contributed by atoms with E-state index in [0.29, 0.717) is 25.2 Å². The van der Waals surface area contributed by atoms with Crippen molar-refractivity contribution in [2.45, 2.75) is 25.2 Å². The van der Waals surface area contributed by atoms with E-state index >= 15 is 0 Å². The van der Waals surface area contributed by atoms with Crippen molar-refractivity contribution in [3.05, 3.63) is 68.0 Å². The summed E-state index contributed by atoms with van der Waals surface area (Å²) >= 11 is 8.95. The molecule has 10 heteroatoms. The first-order chi connectivity index (χ1) is 15.0. The highest BCUT2D eigenvalue weighted by Gasteiger charge is 2.31. The molecular weight excluding hydrogens is 456 g/mol. The fourth-order valence-corrected chi connectivity index (χ4v) is 5.16. The van der Waals surface area contributed by atoms with Crippen LogP contribution in [0.2, 0.25) is 4.34 Å². The molecule has 1 atom stereocenters. The van der Waals surface area contributed by atoms with Crippen LogP contribution in [0.15, 0.2) is 41.7 Å². The van der Waals surface area contributed by atoms with Crippen molar-refractivity contribution in [2.24, 2.45) is 0 Å². The summed E-state index contributed by atoms with van der Waals surface area (Å²) in [5.74, 6) is -0.192. The Labute approximate surface area is 192 Å². The van der Waals surface area contributed by atoms with Crippen molar-refractivity contribution in [2.75, 3.05) is 19.7 Å². The summed E-state index contributed by atoms with van der Waals surface area (Å²) in [7, 11) is 0. The van der Waals surface area contributed by atoms with Crippen LogP contribution in [-0.4, -0.2) is 51.4 Å². The van der Waals surface area contributed by atoms with Crippen LogP contribution in [-0.2, 0) is 17.6 Å². The van der Waals surface area contributed by atoms with Crippen molar-refractivity contribution in [3.8, 4) is 0 Å². The molecule has 0 spiro atoms. The topological polar surface area (TPSA) is 77.3 Å². The number of amides is 1. The monoisotopic (exact) mass is 476 g/mol. The van der Waals surface area contributed by atoms with Gasteiger partial charge in [0.05, 0.1) is 15.5 Å². The van der Waals surface area contributed by atoms with Gasteiger partial charge in [-0.2, -0.15) is 9.78 Å². The van der Waals surface area contributed by atoms with E-state index in [1.807, 2.05) is 18.2 Å². The largest absolute Gasteiger partial charge is 0.445 e. The zero-order valence-electron chi connectivity index (χ0n) is 16.7. The van der Waals surface area contributed by atoms with Crippen LogP contribution in [0.4, 0.5) is 4.79 Å². The van der Waals surface area contributed by atoms with Crippen LogP contribution in [0, 0.1) is 0 Å². The molecule has 7 nitrogen and oxygen atoms in total. The minimum Gasteiger partial charge on any atom is -0.445 e. The molecule has 1 aliphatic rings. The molecule has 1 amide bonds. The number of aryl methyl sites for hydroxylation is 2. The normalized spacial score (nSPS) is 15.9. The number of carbonyl (C=O) groups is 2. The molecule has 1 unspecified atom stereocenters. The van der Waals surface area contributed by atoms with E-state index in [4.69, 9.17) is 16.3 Å². The molecule has 1 saturated heterocycles. The second-order valence-electron chi connectivity index (χ2n) is 7.15. The molecule has 4 heterocycles. The van der Waals surface area contributed by atoms with Gasteiger partial charge in [-0.25, -0.2) is 9.78 Å². The Bertz CT molecular complexity index is 1080. The maximum absolute atomic E-state index is 13.0. The van der Waals surface area contributed by atoms with Gasteiger partial charge in [-0.05, 0) is 37.5 Å². The molecule has 0 aromatic carbocycles. The van der Waals surface area contributed by atoms with Crippen molar-refractivity contribution in [1.29, 1.82) is 0 Å². The van der Waals surface area contributed by atoms with E-state index in [-0.39, 0.29) is 24.5 Å².